The smallest absolute Gasteiger partial charge is 0.0379 e. The van der Waals surface area contributed by atoms with Crippen LogP contribution in [0.5, 0.6) is 0 Å². The maximum Gasteiger partial charge on any atom is 0.0379 e. The molecule has 0 fully saturated rings. The van der Waals surface area contributed by atoms with Crippen molar-refractivity contribution in [2.45, 2.75) is 39.7 Å². The highest BCUT2D eigenvalue weighted by atomic mass is 15.4. The van der Waals surface area contributed by atoms with Crippen molar-refractivity contribution < 1.29 is 0 Å². The molecular formula is C13H22N2. The zero-order valence-electron chi connectivity index (χ0n) is 10.2. The molecule has 0 radical (unpaired) electrons. The van der Waals surface area contributed by atoms with Crippen LogP contribution in [0.25, 0.3) is 0 Å². The summed E-state index contributed by atoms with van der Waals surface area (Å²) in [5.74, 6) is 5.76. The molecule has 2 nitrogen and oxygen atoms in total. The van der Waals surface area contributed by atoms with Crippen LogP contribution < -0.4 is 5.84 Å². The van der Waals surface area contributed by atoms with E-state index in [9.17, 15) is 0 Å². The van der Waals surface area contributed by atoms with E-state index < -0.39 is 0 Å². The minimum absolute atomic E-state index is 0.228. The third-order valence-corrected chi connectivity index (χ3v) is 2.61. The molecule has 2 heteroatoms. The standard InChI is InChI=1S/C13H22N2/c1-5-15(14)10-11-6-8-12(9-7-11)13(2,3)4/h6-9H,5,10,14H2,1-4H3. The normalized spacial score (nSPS) is 12.1. The molecule has 0 heterocycles. The van der Waals surface area contributed by atoms with Gasteiger partial charge in [0.15, 0.2) is 0 Å². The van der Waals surface area contributed by atoms with Crippen molar-refractivity contribution in [3.05, 3.63) is 35.4 Å². The first-order valence-corrected chi connectivity index (χ1v) is 5.52. The van der Waals surface area contributed by atoms with Crippen LogP contribution in [0.4, 0.5) is 0 Å². The fraction of sp³-hybridized carbons (Fsp3) is 0.538. The highest BCUT2D eigenvalue weighted by molar-refractivity contribution is 5.27. The second-order valence-electron chi connectivity index (χ2n) is 5.01. The number of nitrogens with zero attached hydrogens (tertiary/aromatic N) is 1. The van der Waals surface area contributed by atoms with Gasteiger partial charge in [-0.25, -0.2) is 5.01 Å². The minimum atomic E-state index is 0.228. The first kappa shape index (κ1) is 12.2. The average molecular weight is 206 g/mol. The van der Waals surface area contributed by atoms with Gasteiger partial charge in [-0.15, -0.1) is 0 Å². The Hall–Kier alpha value is -0.860. The van der Waals surface area contributed by atoms with E-state index in [-0.39, 0.29) is 5.41 Å². The molecule has 0 aliphatic rings. The maximum absolute atomic E-state index is 5.76. The van der Waals surface area contributed by atoms with Gasteiger partial charge >= 0.3 is 0 Å². The molecule has 2 N–H and O–H groups in total. The number of hydrazine groups is 1. The Balaban J connectivity index is 2.73. The minimum Gasteiger partial charge on any atom is -0.268 e. The molecule has 0 aromatic heterocycles. The molecule has 0 aliphatic heterocycles. The van der Waals surface area contributed by atoms with Crippen LogP contribution in [0.3, 0.4) is 0 Å². The molecule has 0 aliphatic carbocycles. The van der Waals surface area contributed by atoms with Gasteiger partial charge < -0.3 is 0 Å². The summed E-state index contributed by atoms with van der Waals surface area (Å²) in [6.45, 7) is 10.4. The maximum atomic E-state index is 5.76. The van der Waals surface area contributed by atoms with Gasteiger partial charge in [-0.1, -0.05) is 52.0 Å². The second-order valence-corrected chi connectivity index (χ2v) is 5.01. The lowest BCUT2D eigenvalue weighted by Gasteiger charge is -2.20. The molecule has 1 aromatic carbocycles. The average Bonchev–Trinajstić information content (AvgIpc) is 2.17. The SMILES string of the molecule is CCN(N)Cc1ccc(C(C)(C)C)cc1. The zero-order chi connectivity index (χ0) is 11.5. The summed E-state index contributed by atoms with van der Waals surface area (Å²) < 4.78 is 0. The van der Waals surface area contributed by atoms with E-state index in [1.54, 1.807) is 0 Å². The molecule has 0 saturated carbocycles. The molecule has 0 unspecified atom stereocenters. The molecule has 0 amide bonds. The molecule has 0 saturated heterocycles. The number of benzene rings is 1. The molecule has 84 valence electrons. The Kier molecular flexibility index (Phi) is 3.89. The molecule has 1 aromatic rings. The molecule has 0 spiro atoms. The predicted molar refractivity (Wildman–Crippen MR) is 65.4 cm³/mol. The summed E-state index contributed by atoms with van der Waals surface area (Å²) in [5.41, 5.74) is 2.87. The quantitative estimate of drug-likeness (QED) is 0.608. The highest BCUT2D eigenvalue weighted by Gasteiger charge is 2.12. The Bertz CT molecular complexity index is 295. The van der Waals surface area contributed by atoms with Crippen LogP contribution in [0.15, 0.2) is 24.3 Å². The molecule has 1 rings (SSSR count). The van der Waals surface area contributed by atoms with Gasteiger partial charge in [0.05, 0.1) is 0 Å². The Morgan fingerprint density at radius 1 is 1.13 bits per heavy atom. The van der Waals surface area contributed by atoms with E-state index in [1.807, 2.05) is 5.01 Å². The van der Waals surface area contributed by atoms with Crippen LogP contribution in [-0.4, -0.2) is 11.6 Å². The summed E-state index contributed by atoms with van der Waals surface area (Å²) in [7, 11) is 0. The first-order valence-electron chi connectivity index (χ1n) is 5.52. The molecular weight excluding hydrogens is 184 g/mol. The van der Waals surface area contributed by atoms with E-state index in [4.69, 9.17) is 5.84 Å². The monoisotopic (exact) mass is 206 g/mol. The van der Waals surface area contributed by atoms with Crippen molar-refractivity contribution in [3.63, 3.8) is 0 Å². The fourth-order valence-corrected chi connectivity index (χ4v) is 1.46. The number of hydrogen-bond acceptors (Lipinski definition) is 2. The van der Waals surface area contributed by atoms with Crippen molar-refractivity contribution >= 4 is 0 Å². The molecule has 0 atom stereocenters. The topological polar surface area (TPSA) is 29.3 Å². The van der Waals surface area contributed by atoms with Crippen molar-refractivity contribution in [1.82, 2.24) is 5.01 Å². The lowest BCUT2D eigenvalue weighted by molar-refractivity contribution is 0.290. The zero-order valence-corrected chi connectivity index (χ0v) is 10.2. The van der Waals surface area contributed by atoms with Gasteiger partial charge in [0.1, 0.15) is 0 Å². The van der Waals surface area contributed by atoms with Crippen molar-refractivity contribution in [2.24, 2.45) is 5.84 Å². The van der Waals surface area contributed by atoms with E-state index >= 15 is 0 Å². The summed E-state index contributed by atoms with van der Waals surface area (Å²) in [6, 6.07) is 8.71. The van der Waals surface area contributed by atoms with Crippen molar-refractivity contribution in [3.8, 4) is 0 Å². The Labute approximate surface area is 93.1 Å². The van der Waals surface area contributed by atoms with Gasteiger partial charge in [0, 0.05) is 13.1 Å². The molecule has 15 heavy (non-hydrogen) atoms. The van der Waals surface area contributed by atoms with Crippen molar-refractivity contribution in [2.75, 3.05) is 6.54 Å². The van der Waals surface area contributed by atoms with Crippen LogP contribution in [0.2, 0.25) is 0 Å². The lowest BCUT2D eigenvalue weighted by Crippen LogP contribution is -2.29. The fourth-order valence-electron chi connectivity index (χ4n) is 1.46. The van der Waals surface area contributed by atoms with E-state index in [0.29, 0.717) is 0 Å². The highest BCUT2D eigenvalue weighted by Crippen LogP contribution is 2.22. The summed E-state index contributed by atoms with van der Waals surface area (Å²) >= 11 is 0. The van der Waals surface area contributed by atoms with Gasteiger partial charge in [0.25, 0.3) is 0 Å². The van der Waals surface area contributed by atoms with Gasteiger partial charge in [-0.05, 0) is 16.5 Å². The summed E-state index contributed by atoms with van der Waals surface area (Å²) in [6.07, 6.45) is 0. The first-order chi connectivity index (χ1) is 6.93. The van der Waals surface area contributed by atoms with E-state index in [2.05, 4.69) is 52.0 Å². The van der Waals surface area contributed by atoms with Crippen LogP contribution >= 0.6 is 0 Å². The number of hydrogen-bond donors (Lipinski definition) is 1. The van der Waals surface area contributed by atoms with E-state index in [0.717, 1.165) is 13.1 Å². The van der Waals surface area contributed by atoms with Crippen molar-refractivity contribution in [1.29, 1.82) is 0 Å². The number of rotatable bonds is 3. The van der Waals surface area contributed by atoms with Crippen LogP contribution in [0.1, 0.15) is 38.8 Å². The third-order valence-electron chi connectivity index (χ3n) is 2.61. The Morgan fingerprint density at radius 2 is 1.67 bits per heavy atom. The van der Waals surface area contributed by atoms with Gasteiger partial charge in [-0.3, -0.25) is 5.84 Å². The number of nitrogens with two attached hydrogens (primary N) is 1. The lowest BCUT2D eigenvalue weighted by atomic mass is 9.87. The van der Waals surface area contributed by atoms with E-state index in [1.165, 1.54) is 11.1 Å². The van der Waals surface area contributed by atoms with Crippen LogP contribution in [-0.2, 0) is 12.0 Å². The van der Waals surface area contributed by atoms with Gasteiger partial charge in [0.2, 0.25) is 0 Å². The van der Waals surface area contributed by atoms with Crippen LogP contribution in [0, 0.1) is 0 Å². The summed E-state index contributed by atoms with van der Waals surface area (Å²) in [5, 5.41) is 1.81. The largest absolute Gasteiger partial charge is 0.268 e. The second kappa shape index (κ2) is 4.77. The molecule has 0 bridgehead atoms. The summed E-state index contributed by atoms with van der Waals surface area (Å²) in [4.78, 5) is 0. The van der Waals surface area contributed by atoms with Gasteiger partial charge in [-0.2, -0.15) is 0 Å². The third kappa shape index (κ3) is 3.65. The Morgan fingerprint density at radius 3 is 2.07 bits per heavy atom. The predicted octanol–water partition coefficient (Wildman–Crippen LogP) is 2.68.